The van der Waals surface area contributed by atoms with Crippen LogP contribution in [0.2, 0.25) is 0 Å². The lowest BCUT2D eigenvalue weighted by Crippen LogP contribution is -2.27. The molecule has 32 heavy (non-hydrogen) atoms. The molecule has 1 N–H and O–H groups in total. The summed E-state index contributed by atoms with van der Waals surface area (Å²) in [5, 5.41) is 0.653. The summed E-state index contributed by atoms with van der Waals surface area (Å²) in [6.45, 7) is 6.96. The molecule has 1 fully saturated rings. The van der Waals surface area contributed by atoms with Crippen LogP contribution in [0.4, 0.5) is 0 Å². The van der Waals surface area contributed by atoms with Crippen molar-refractivity contribution >= 4 is 26.9 Å². The maximum atomic E-state index is 13.4. The number of nitrogens with one attached hydrogen (secondary N) is 1. The van der Waals surface area contributed by atoms with Gasteiger partial charge in [-0.05, 0) is 68.5 Å². The number of benzene rings is 2. The molecule has 0 bridgehead atoms. The fourth-order valence-electron chi connectivity index (χ4n) is 4.13. The van der Waals surface area contributed by atoms with Crippen molar-refractivity contribution in [1.29, 1.82) is 0 Å². The van der Waals surface area contributed by atoms with Crippen LogP contribution in [0.15, 0.2) is 39.6 Å². The van der Waals surface area contributed by atoms with Crippen LogP contribution >= 0.6 is 0 Å². The number of carbonyl (C=O) groups is 1. The third kappa shape index (κ3) is 4.00. The molecule has 170 valence electrons. The van der Waals surface area contributed by atoms with E-state index in [-0.39, 0.29) is 28.7 Å². The minimum Gasteiger partial charge on any atom is -0.497 e. The molecule has 2 heterocycles. The molecule has 0 spiro atoms. The van der Waals surface area contributed by atoms with Crippen LogP contribution in [0.3, 0.4) is 0 Å². The Morgan fingerprint density at radius 3 is 2.38 bits per heavy atom. The molecule has 0 radical (unpaired) electrons. The number of fused-ring (bicyclic) bond motifs is 1. The fraction of sp³-hybridized carbons (Fsp3) is 0.375. The average molecular weight is 457 g/mol. The topological polar surface area (TPSA) is 88.8 Å². The second kappa shape index (κ2) is 8.60. The highest BCUT2D eigenvalue weighted by molar-refractivity contribution is 7.89. The van der Waals surface area contributed by atoms with Gasteiger partial charge in [-0.2, -0.15) is 0 Å². The minimum atomic E-state index is -3.90. The summed E-state index contributed by atoms with van der Waals surface area (Å²) in [7, 11) is -2.32. The summed E-state index contributed by atoms with van der Waals surface area (Å²) in [4.78, 5) is 14.8. The monoisotopic (exact) mass is 456 g/mol. The summed E-state index contributed by atoms with van der Waals surface area (Å²) < 4.78 is 40.6. The normalized spacial score (nSPS) is 14.3. The van der Waals surface area contributed by atoms with Crippen molar-refractivity contribution in [3.05, 3.63) is 58.3 Å². The van der Waals surface area contributed by atoms with Gasteiger partial charge >= 0.3 is 0 Å². The van der Waals surface area contributed by atoms with E-state index in [4.69, 9.17) is 9.15 Å². The van der Waals surface area contributed by atoms with Crippen molar-refractivity contribution in [2.45, 2.75) is 45.1 Å². The smallest absolute Gasteiger partial charge is 0.289 e. The van der Waals surface area contributed by atoms with E-state index >= 15 is 0 Å². The molecule has 1 aliphatic heterocycles. The van der Waals surface area contributed by atoms with E-state index < -0.39 is 10.0 Å². The molecule has 7 nitrogen and oxygen atoms in total. The fourth-order valence-corrected chi connectivity index (χ4v) is 5.59. The predicted molar refractivity (Wildman–Crippen MR) is 123 cm³/mol. The van der Waals surface area contributed by atoms with E-state index in [1.54, 1.807) is 31.1 Å². The van der Waals surface area contributed by atoms with Gasteiger partial charge in [0, 0.05) is 30.6 Å². The number of rotatable bonds is 6. The maximum Gasteiger partial charge on any atom is 0.289 e. The first-order valence-corrected chi connectivity index (χ1v) is 12.2. The van der Waals surface area contributed by atoms with Gasteiger partial charge in [-0.3, -0.25) is 4.79 Å². The third-order valence-electron chi connectivity index (χ3n) is 6.17. The number of ether oxygens (including phenoxy) is 1. The number of carbonyl (C=O) groups excluding carboxylic acids is 1. The van der Waals surface area contributed by atoms with Gasteiger partial charge in [0.25, 0.3) is 5.91 Å². The molecule has 1 amide bonds. The lowest BCUT2D eigenvalue weighted by molar-refractivity contribution is 0.0762. The van der Waals surface area contributed by atoms with E-state index in [9.17, 15) is 13.2 Å². The Labute approximate surface area is 188 Å². The summed E-state index contributed by atoms with van der Waals surface area (Å²) >= 11 is 0. The molecule has 0 atom stereocenters. The first kappa shape index (κ1) is 22.4. The Hall–Kier alpha value is -2.84. The number of hydrogen-bond donors (Lipinski definition) is 1. The van der Waals surface area contributed by atoms with Gasteiger partial charge in [-0.15, -0.1) is 0 Å². The Morgan fingerprint density at radius 2 is 1.75 bits per heavy atom. The van der Waals surface area contributed by atoms with Gasteiger partial charge in [-0.25, -0.2) is 13.1 Å². The number of aryl methyl sites for hydroxylation is 2. The highest BCUT2D eigenvalue weighted by Gasteiger charge is 2.30. The third-order valence-corrected chi connectivity index (χ3v) is 7.73. The molecule has 1 aliphatic rings. The first-order valence-electron chi connectivity index (χ1n) is 10.7. The van der Waals surface area contributed by atoms with Crippen molar-refractivity contribution in [1.82, 2.24) is 9.62 Å². The molecule has 1 saturated heterocycles. The lowest BCUT2D eigenvalue weighted by Gasteiger charge is -2.13. The van der Waals surface area contributed by atoms with Crippen LogP contribution < -0.4 is 9.46 Å². The molecular formula is C24H28N2O5S. The lowest BCUT2D eigenvalue weighted by atomic mass is 10.0. The Morgan fingerprint density at radius 1 is 1.09 bits per heavy atom. The summed E-state index contributed by atoms with van der Waals surface area (Å²) in [6, 6.07) is 9.08. The zero-order valence-corrected chi connectivity index (χ0v) is 19.6. The molecule has 0 unspecified atom stereocenters. The van der Waals surface area contributed by atoms with Crippen LogP contribution in [0, 0.1) is 20.8 Å². The first-order chi connectivity index (χ1) is 15.2. The molecule has 0 saturated carbocycles. The van der Waals surface area contributed by atoms with Crippen LogP contribution in [-0.4, -0.2) is 39.4 Å². The van der Waals surface area contributed by atoms with Gasteiger partial charge in [0.2, 0.25) is 10.0 Å². The van der Waals surface area contributed by atoms with Gasteiger partial charge in [0.15, 0.2) is 11.3 Å². The van der Waals surface area contributed by atoms with Crippen molar-refractivity contribution < 1.29 is 22.4 Å². The van der Waals surface area contributed by atoms with Gasteiger partial charge in [-0.1, -0.05) is 12.1 Å². The van der Waals surface area contributed by atoms with Crippen molar-refractivity contribution in [2.24, 2.45) is 0 Å². The molecule has 1 aromatic heterocycles. The van der Waals surface area contributed by atoms with E-state index in [2.05, 4.69) is 4.72 Å². The molecule has 4 rings (SSSR count). The quantitative estimate of drug-likeness (QED) is 0.604. The average Bonchev–Trinajstić information content (AvgIpc) is 3.42. The molecule has 2 aromatic carbocycles. The number of amides is 1. The predicted octanol–water partition coefficient (Wildman–Crippen LogP) is 4.08. The standard InChI is InChI=1S/C24H28N2O5S/c1-15-13-20-17(3)21(24(27)26-11-5-6-12-26)31-22(20)23(16(15)2)32(28,29)25-14-18-7-9-19(30-4)10-8-18/h7-10,13,25H,5-6,11-12,14H2,1-4H3. The van der Waals surface area contributed by atoms with Crippen molar-refractivity contribution in [3.63, 3.8) is 0 Å². The molecular weight excluding hydrogens is 428 g/mol. The summed E-state index contributed by atoms with van der Waals surface area (Å²) in [5.74, 6) is 0.744. The number of methoxy groups -OCH3 is 1. The second-order valence-electron chi connectivity index (χ2n) is 8.25. The van der Waals surface area contributed by atoms with Crippen molar-refractivity contribution in [2.75, 3.05) is 20.2 Å². The number of sulfonamides is 1. The summed E-state index contributed by atoms with van der Waals surface area (Å²) in [5.41, 5.74) is 3.14. The molecule has 8 heteroatoms. The van der Waals surface area contributed by atoms with Crippen LogP contribution in [0.1, 0.15) is 45.7 Å². The van der Waals surface area contributed by atoms with Crippen LogP contribution in [0.25, 0.3) is 11.0 Å². The van der Waals surface area contributed by atoms with Gasteiger partial charge in [0.1, 0.15) is 10.6 Å². The summed E-state index contributed by atoms with van der Waals surface area (Å²) in [6.07, 6.45) is 1.94. The zero-order valence-electron chi connectivity index (χ0n) is 18.8. The van der Waals surface area contributed by atoms with Crippen LogP contribution in [-0.2, 0) is 16.6 Å². The Kier molecular flexibility index (Phi) is 6.01. The Bertz CT molecular complexity index is 1270. The zero-order chi connectivity index (χ0) is 23.0. The highest BCUT2D eigenvalue weighted by atomic mass is 32.2. The minimum absolute atomic E-state index is 0.0876. The Balaban J connectivity index is 1.73. The highest BCUT2D eigenvalue weighted by Crippen LogP contribution is 2.35. The molecule has 3 aromatic rings. The van der Waals surface area contributed by atoms with E-state index in [0.29, 0.717) is 35.4 Å². The van der Waals surface area contributed by atoms with Crippen molar-refractivity contribution in [3.8, 4) is 5.75 Å². The van der Waals surface area contributed by atoms with Crippen LogP contribution in [0.5, 0.6) is 5.75 Å². The number of furan rings is 1. The largest absolute Gasteiger partial charge is 0.497 e. The SMILES string of the molecule is COc1ccc(CNS(=O)(=O)c2c(C)c(C)cc3c(C)c(C(=O)N4CCCC4)oc23)cc1. The molecule has 0 aliphatic carbocycles. The van der Waals surface area contributed by atoms with E-state index in [0.717, 1.165) is 24.0 Å². The van der Waals surface area contributed by atoms with E-state index in [1.807, 2.05) is 32.0 Å². The van der Waals surface area contributed by atoms with Gasteiger partial charge in [0.05, 0.1) is 7.11 Å². The number of nitrogens with zero attached hydrogens (tertiary/aromatic N) is 1. The second-order valence-corrected chi connectivity index (χ2v) is 9.96. The maximum absolute atomic E-state index is 13.4. The number of likely N-dealkylation sites (tertiary alicyclic amines) is 1. The van der Waals surface area contributed by atoms with E-state index in [1.165, 1.54) is 0 Å². The van der Waals surface area contributed by atoms with Gasteiger partial charge < -0.3 is 14.1 Å². The number of hydrogen-bond acceptors (Lipinski definition) is 5.